The molecule has 0 aromatic heterocycles. The molecule has 0 unspecified atom stereocenters. The summed E-state index contributed by atoms with van der Waals surface area (Å²) in [7, 11) is 2.26. The predicted octanol–water partition coefficient (Wildman–Crippen LogP) is 4.90. The van der Waals surface area contributed by atoms with Crippen LogP contribution >= 0.6 is 11.8 Å². The van der Waals surface area contributed by atoms with Crippen LogP contribution in [0.25, 0.3) is 0 Å². The third-order valence-electron chi connectivity index (χ3n) is 5.54. The molecule has 3 nitrogen and oxygen atoms in total. The molecule has 5 heteroatoms. The molecule has 0 N–H and O–H groups in total. The molecule has 1 saturated heterocycles. The van der Waals surface area contributed by atoms with Gasteiger partial charge in [-0.1, -0.05) is 30.3 Å². The molecule has 0 radical (unpaired) electrons. The maximum Gasteiger partial charge on any atom is 0.154 e. The summed E-state index contributed by atoms with van der Waals surface area (Å²) in [4.78, 5) is 8.44. The summed E-state index contributed by atoms with van der Waals surface area (Å²) < 4.78 is 12.0. The standard InChI is InChI=1S/C21H26N2OS2/c1-22-13-6-5-7-16(22)12-14-23-18-8-3-4-9-20(18)25-21-11-10-17(26(2)24)15-19(21)23/h3-4,8-11,15-16H,5-7,12-14H2,1-2H3/t16-,26-/m1/s1. The second-order valence-electron chi connectivity index (χ2n) is 7.22. The minimum atomic E-state index is -0.958. The lowest BCUT2D eigenvalue weighted by Gasteiger charge is -2.37. The number of benzene rings is 2. The van der Waals surface area contributed by atoms with Crippen molar-refractivity contribution in [3.63, 3.8) is 0 Å². The minimum absolute atomic E-state index is 0.664. The fraction of sp³-hybridized carbons (Fsp3) is 0.429. The lowest BCUT2D eigenvalue weighted by molar-refractivity contribution is 0.178. The lowest BCUT2D eigenvalue weighted by atomic mass is 9.99. The summed E-state index contributed by atoms with van der Waals surface area (Å²) in [6.07, 6.45) is 6.88. The number of para-hydroxylation sites is 1. The molecule has 1 fully saturated rings. The zero-order valence-electron chi connectivity index (χ0n) is 15.5. The average Bonchev–Trinajstić information content (AvgIpc) is 2.66. The molecule has 2 aliphatic heterocycles. The van der Waals surface area contributed by atoms with Gasteiger partial charge >= 0.3 is 0 Å². The van der Waals surface area contributed by atoms with E-state index in [4.69, 9.17) is 0 Å². The van der Waals surface area contributed by atoms with Crippen molar-refractivity contribution in [1.29, 1.82) is 0 Å². The van der Waals surface area contributed by atoms with E-state index in [0.29, 0.717) is 6.04 Å². The Labute approximate surface area is 163 Å². The molecular weight excluding hydrogens is 360 g/mol. The van der Waals surface area contributed by atoms with E-state index < -0.39 is 11.2 Å². The molecule has 0 aliphatic carbocycles. The molecule has 138 valence electrons. The van der Waals surface area contributed by atoms with E-state index in [-0.39, 0.29) is 0 Å². The van der Waals surface area contributed by atoms with Crippen molar-refractivity contribution in [3.8, 4) is 0 Å². The topological polar surface area (TPSA) is 29.5 Å². The van der Waals surface area contributed by atoms with Crippen molar-refractivity contribution in [1.82, 2.24) is 4.90 Å². The van der Waals surface area contributed by atoms with E-state index in [0.717, 1.165) is 17.9 Å². The fourth-order valence-electron chi connectivity index (χ4n) is 4.02. The van der Waals surface area contributed by atoms with E-state index in [1.54, 1.807) is 6.26 Å². The Morgan fingerprint density at radius 1 is 1.12 bits per heavy atom. The van der Waals surface area contributed by atoms with Crippen LogP contribution in [0.1, 0.15) is 25.7 Å². The van der Waals surface area contributed by atoms with Crippen molar-refractivity contribution in [2.45, 2.75) is 46.4 Å². The van der Waals surface area contributed by atoms with Crippen LogP contribution in [0.4, 0.5) is 11.4 Å². The number of fused-ring (bicyclic) bond motifs is 2. The first-order chi connectivity index (χ1) is 12.6. The van der Waals surface area contributed by atoms with Crippen molar-refractivity contribution < 1.29 is 4.55 Å². The number of anilines is 2. The molecular formula is C21H26N2OS2. The highest BCUT2D eigenvalue weighted by Gasteiger charge is 2.26. The van der Waals surface area contributed by atoms with Crippen LogP contribution in [0.2, 0.25) is 0 Å². The molecule has 2 aromatic carbocycles. The van der Waals surface area contributed by atoms with Gasteiger partial charge in [-0.15, -0.1) is 0 Å². The number of nitrogens with zero attached hydrogens (tertiary/aromatic N) is 2. The van der Waals surface area contributed by atoms with Gasteiger partial charge in [-0.3, -0.25) is 0 Å². The monoisotopic (exact) mass is 386 g/mol. The van der Waals surface area contributed by atoms with Crippen molar-refractivity contribution >= 4 is 34.3 Å². The third-order valence-corrected chi connectivity index (χ3v) is 7.58. The molecule has 2 aliphatic rings. The maximum atomic E-state index is 12.0. The highest BCUT2D eigenvalue weighted by Crippen LogP contribution is 2.48. The summed E-state index contributed by atoms with van der Waals surface area (Å²) >= 11 is 0.860. The number of hydrogen-bond acceptors (Lipinski definition) is 4. The summed E-state index contributed by atoms with van der Waals surface area (Å²) in [5, 5.41) is 0. The van der Waals surface area contributed by atoms with Gasteiger partial charge in [0.2, 0.25) is 0 Å². The van der Waals surface area contributed by atoms with E-state index in [1.807, 2.05) is 17.8 Å². The van der Waals surface area contributed by atoms with Gasteiger partial charge in [0.25, 0.3) is 0 Å². The van der Waals surface area contributed by atoms with Gasteiger partial charge in [0.05, 0.1) is 11.4 Å². The summed E-state index contributed by atoms with van der Waals surface area (Å²) in [5.41, 5.74) is 2.49. The summed E-state index contributed by atoms with van der Waals surface area (Å²) in [6, 6.07) is 15.6. The second-order valence-corrected chi connectivity index (χ2v) is 9.69. The Kier molecular flexibility index (Phi) is 5.50. The van der Waals surface area contributed by atoms with Crippen LogP contribution in [0.3, 0.4) is 0 Å². The van der Waals surface area contributed by atoms with Crippen LogP contribution < -0.4 is 4.90 Å². The van der Waals surface area contributed by atoms with Gasteiger partial charge in [0, 0.05) is 28.4 Å². The number of likely N-dealkylation sites (tertiary alicyclic amines) is 1. The van der Waals surface area contributed by atoms with Crippen LogP contribution in [-0.4, -0.2) is 41.9 Å². The van der Waals surface area contributed by atoms with Crippen molar-refractivity contribution in [3.05, 3.63) is 42.5 Å². The largest absolute Gasteiger partial charge is 0.612 e. The van der Waals surface area contributed by atoms with Gasteiger partial charge in [0.15, 0.2) is 4.90 Å². The molecule has 4 rings (SSSR count). The average molecular weight is 387 g/mol. The van der Waals surface area contributed by atoms with Crippen LogP contribution in [-0.2, 0) is 11.2 Å². The Morgan fingerprint density at radius 3 is 2.73 bits per heavy atom. The maximum absolute atomic E-state index is 12.0. The normalized spacial score (nSPS) is 21.2. The van der Waals surface area contributed by atoms with Crippen LogP contribution in [0.15, 0.2) is 57.2 Å². The van der Waals surface area contributed by atoms with E-state index >= 15 is 0 Å². The fourth-order valence-corrected chi connectivity index (χ4v) is 5.63. The molecule has 0 spiro atoms. The SMILES string of the molecule is CN1CCCC[C@@H]1CCN1c2ccccc2Sc2ccc([S@@+](C)[O-])cc21. The molecule has 0 saturated carbocycles. The molecule has 2 atom stereocenters. The zero-order chi connectivity index (χ0) is 18.1. The van der Waals surface area contributed by atoms with Gasteiger partial charge in [-0.25, -0.2) is 0 Å². The van der Waals surface area contributed by atoms with E-state index in [9.17, 15) is 4.55 Å². The summed E-state index contributed by atoms with van der Waals surface area (Å²) in [5.74, 6) is 0. The molecule has 2 heterocycles. The Hall–Kier alpha value is -1.14. The highest BCUT2D eigenvalue weighted by molar-refractivity contribution is 7.99. The number of hydrogen-bond donors (Lipinski definition) is 0. The Morgan fingerprint density at radius 2 is 1.92 bits per heavy atom. The first-order valence-electron chi connectivity index (χ1n) is 9.35. The first-order valence-corrected chi connectivity index (χ1v) is 11.7. The highest BCUT2D eigenvalue weighted by atomic mass is 32.2. The molecule has 26 heavy (non-hydrogen) atoms. The Bertz CT molecular complexity index is 780. The Balaban J connectivity index is 1.64. The van der Waals surface area contributed by atoms with Gasteiger partial charge in [-0.2, -0.15) is 0 Å². The third kappa shape index (κ3) is 3.63. The van der Waals surface area contributed by atoms with Gasteiger partial charge in [0.1, 0.15) is 6.26 Å². The quantitative estimate of drug-likeness (QED) is 0.699. The van der Waals surface area contributed by atoms with Crippen LogP contribution in [0.5, 0.6) is 0 Å². The molecule has 0 bridgehead atoms. The van der Waals surface area contributed by atoms with Crippen molar-refractivity contribution in [2.24, 2.45) is 0 Å². The van der Waals surface area contributed by atoms with E-state index in [2.05, 4.69) is 53.2 Å². The smallest absolute Gasteiger partial charge is 0.154 e. The first kappa shape index (κ1) is 18.2. The van der Waals surface area contributed by atoms with Crippen molar-refractivity contribution in [2.75, 3.05) is 31.3 Å². The minimum Gasteiger partial charge on any atom is -0.612 e. The zero-order valence-corrected chi connectivity index (χ0v) is 17.1. The molecule has 0 amide bonds. The van der Waals surface area contributed by atoms with Gasteiger partial charge in [-0.05, 0) is 68.3 Å². The number of piperidine rings is 1. The van der Waals surface area contributed by atoms with Gasteiger partial charge < -0.3 is 14.4 Å². The van der Waals surface area contributed by atoms with Crippen LogP contribution in [0, 0.1) is 0 Å². The molecule has 2 aromatic rings. The lowest BCUT2D eigenvalue weighted by Crippen LogP contribution is -2.38. The second kappa shape index (κ2) is 7.85. The van der Waals surface area contributed by atoms with E-state index in [1.165, 1.54) is 47.0 Å². The number of rotatable bonds is 4. The summed E-state index contributed by atoms with van der Waals surface area (Å²) in [6.45, 7) is 2.21. The predicted molar refractivity (Wildman–Crippen MR) is 111 cm³/mol.